The van der Waals surface area contributed by atoms with Gasteiger partial charge in [0.15, 0.2) is 0 Å². The van der Waals surface area contributed by atoms with Crippen LogP contribution in [-0.4, -0.2) is 53.1 Å². The average Bonchev–Trinajstić information content (AvgIpc) is 3.18. The van der Waals surface area contributed by atoms with Gasteiger partial charge < -0.3 is 24.5 Å². The van der Waals surface area contributed by atoms with Crippen LogP contribution in [0.1, 0.15) is 31.4 Å². The van der Waals surface area contributed by atoms with Crippen molar-refractivity contribution in [3.8, 4) is 0 Å². The van der Waals surface area contributed by atoms with Crippen LogP contribution in [-0.2, 0) is 25.7 Å². The number of nitrogens with zero attached hydrogens (tertiary/aromatic N) is 1. The first-order valence-corrected chi connectivity index (χ1v) is 8.39. The van der Waals surface area contributed by atoms with E-state index in [0.717, 1.165) is 0 Å². The summed E-state index contributed by atoms with van der Waals surface area (Å²) in [7, 11) is 0. The van der Waals surface area contributed by atoms with Gasteiger partial charge in [0.1, 0.15) is 5.76 Å². The number of carbonyl (C=O) groups excluding carboxylic acids is 2. The number of ether oxygens (including phenoxy) is 1. The van der Waals surface area contributed by atoms with E-state index in [1.165, 1.54) is 0 Å². The summed E-state index contributed by atoms with van der Waals surface area (Å²) in [6.45, 7) is 1.48. The Morgan fingerprint density at radius 3 is 2.76 bits per heavy atom. The molecule has 2 aliphatic heterocycles. The van der Waals surface area contributed by atoms with E-state index in [1.807, 2.05) is 0 Å². The maximum atomic E-state index is 12.6. The Bertz CT molecular complexity index is 636. The van der Waals surface area contributed by atoms with Crippen molar-refractivity contribution in [1.82, 2.24) is 10.2 Å². The number of carboxylic acid groups (broad SMARTS) is 1. The predicted molar refractivity (Wildman–Crippen MR) is 85.4 cm³/mol. The van der Waals surface area contributed by atoms with Crippen molar-refractivity contribution in [3.05, 3.63) is 24.2 Å². The standard InChI is InChI=1S/C17H22N2O6/c20-14-8-12(10-19(14)11-13-2-1-5-25-13)16(23)18-17(9-15(21)22)3-6-24-7-4-17/h1-2,5,12H,3-4,6-11H2,(H,18,23)(H,21,22). The number of nitrogens with one attached hydrogen (secondary N) is 1. The van der Waals surface area contributed by atoms with Crippen LogP contribution in [0.2, 0.25) is 0 Å². The molecule has 0 saturated carbocycles. The van der Waals surface area contributed by atoms with Crippen LogP contribution >= 0.6 is 0 Å². The van der Waals surface area contributed by atoms with Gasteiger partial charge in [-0.05, 0) is 25.0 Å². The second-order valence-electron chi connectivity index (χ2n) is 6.71. The fraction of sp³-hybridized carbons (Fsp3) is 0.588. The molecule has 1 unspecified atom stereocenters. The molecule has 25 heavy (non-hydrogen) atoms. The molecule has 0 aromatic carbocycles. The van der Waals surface area contributed by atoms with E-state index in [-0.39, 0.29) is 24.7 Å². The van der Waals surface area contributed by atoms with Crippen LogP contribution in [0.5, 0.6) is 0 Å². The highest BCUT2D eigenvalue weighted by Crippen LogP contribution is 2.27. The molecule has 3 heterocycles. The van der Waals surface area contributed by atoms with Gasteiger partial charge in [-0.25, -0.2) is 0 Å². The minimum atomic E-state index is -0.954. The van der Waals surface area contributed by atoms with Crippen LogP contribution in [0.15, 0.2) is 22.8 Å². The van der Waals surface area contributed by atoms with Gasteiger partial charge >= 0.3 is 5.97 Å². The summed E-state index contributed by atoms with van der Waals surface area (Å²) in [5.41, 5.74) is -0.793. The van der Waals surface area contributed by atoms with Crippen molar-refractivity contribution >= 4 is 17.8 Å². The number of carbonyl (C=O) groups is 3. The highest BCUT2D eigenvalue weighted by molar-refractivity contribution is 5.89. The maximum absolute atomic E-state index is 12.6. The SMILES string of the molecule is O=C(O)CC1(NC(=O)C2CC(=O)N(Cc3ccco3)C2)CCOCC1. The quantitative estimate of drug-likeness (QED) is 0.784. The highest BCUT2D eigenvalue weighted by atomic mass is 16.5. The smallest absolute Gasteiger partial charge is 0.305 e. The minimum absolute atomic E-state index is 0.101. The Morgan fingerprint density at radius 2 is 2.12 bits per heavy atom. The van der Waals surface area contributed by atoms with Gasteiger partial charge in [0.05, 0.1) is 30.7 Å². The molecule has 0 spiro atoms. The number of carboxylic acids is 1. The molecule has 8 nitrogen and oxygen atoms in total. The fourth-order valence-corrected chi connectivity index (χ4v) is 3.45. The molecule has 2 aliphatic rings. The molecule has 1 aromatic heterocycles. The molecule has 8 heteroatoms. The zero-order chi connectivity index (χ0) is 17.9. The largest absolute Gasteiger partial charge is 0.481 e. The Kier molecular flexibility index (Phi) is 5.08. The van der Waals surface area contributed by atoms with Crippen molar-refractivity contribution in [2.24, 2.45) is 5.92 Å². The highest BCUT2D eigenvalue weighted by Gasteiger charge is 2.41. The van der Waals surface area contributed by atoms with Gasteiger partial charge in [0, 0.05) is 26.2 Å². The monoisotopic (exact) mass is 350 g/mol. The van der Waals surface area contributed by atoms with Crippen molar-refractivity contribution in [3.63, 3.8) is 0 Å². The first kappa shape index (κ1) is 17.5. The number of hydrogen-bond donors (Lipinski definition) is 2. The summed E-state index contributed by atoms with van der Waals surface area (Å²) in [4.78, 5) is 37.6. The second-order valence-corrected chi connectivity index (χ2v) is 6.71. The summed E-state index contributed by atoms with van der Waals surface area (Å²) in [5.74, 6) is -1.13. The van der Waals surface area contributed by atoms with Gasteiger partial charge in [0.2, 0.25) is 11.8 Å². The van der Waals surface area contributed by atoms with Crippen LogP contribution in [0.3, 0.4) is 0 Å². The maximum Gasteiger partial charge on any atom is 0.305 e. The van der Waals surface area contributed by atoms with Gasteiger partial charge in [-0.1, -0.05) is 0 Å². The minimum Gasteiger partial charge on any atom is -0.481 e. The third kappa shape index (κ3) is 4.19. The normalized spacial score (nSPS) is 22.8. The molecule has 3 rings (SSSR count). The summed E-state index contributed by atoms with van der Waals surface area (Å²) in [5, 5.41) is 12.1. The van der Waals surface area contributed by atoms with Crippen molar-refractivity contribution in [2.75, 3.05) is 19.8 Å². The van der Waals surface area contributed by atoms with Crippen LogP contribution in [0, 0.1) is 5.92 Å². The number of likely N-dealkylation sites (tertiary alicyclic amines) is 1. The molecule has 0 aliphatic carbocycles. The number of hydrogen-bond acceptors (Lipinski definition) is 5. The summed E-state index contributed by atoms with van der Waals surface area (Å²) in [6.07, 6.45) is 2.45. The molecule has 2 fully saturated rings. The van der Waals surface area contributed by atoms with E-state index in [9.17, 15) is 19.5 Å². The molecule has 1 atom stereocenters. The van der Waals surface area contributed by atoms with Gasteiger partial charge in [0.25, 0.3) is 0 Å². The lowest BCUT2D eigenvalue weighted by atomic mass is 9.86. The molecule has 0 radical (unpaired) electrons. The molecule has 136 valence electrons. The van der Waals surface area contributed by atoms with Gasteiger partial charge in [-0.2, -0.15) is 0 Å². The third-order valence-corrected chi connectivity index (χ3v) is 4.84. The van der Waals surface area contributed by atoms with Crippen molar-refractivity contribution < 1.29 is 28.6 Å². The lowest BCUT2D eigenvalue weighted by Crippen LogP contribution is -2.54. The molecule has 2 saturated heterocycles. The number of rotatable bonds is 6. The number of furan rings is 1. The third-order valence-electron chi connectivity index (χ3n) is 4.84. The molecular weight excluding hydrogens is 328 g/mol. The Hall–Kier alpha value is -2.35. The molecule has 0 bridgehead atoms. The topological polar surface area (TPSA) is 109 Å². The zero-order valence-corrected chi connectivity index (χ0v) is 13.9. The predicted octanol–water partition coefficient (Wildman–Crippen LogP) is 0.768. The van der Waals surface area contributed by atoms with Gasteiger partial charge in [-0.3, -0.25) is 14.4 Å². The van der Waals surface area contributed by atoms with E-state index in [4.69, 9.17) is 9.15 Å². The van der Waals surface area contributed by atoms with Crippen molar-refractivity contribution in [1.29, 1.82) is 0 Å². The van der Waals surface area contributed by atoms with Crippen LogP contribution < -0.4 is 5.32 Å². The van der Waals surface area contributed by atoms with E-state index < -0.39 is 17.4 Å². The van der Waals surface area contributed by atoms with E-state index in [2.05, 4.69) is 5.32 Å². The first-order valence-electron chi connectivity index (χ1n) is 8.39. The van der Waals surface area contributed by atoms with E-state index >= 15 is 0 Å². The lowest BCUT2D eigenvalue weighted by Gasteiger charge is -2.37. The summed E-state index contributed by atoms with van der Waals surface area (Å²) >= 11 is 0. The molecular formula is C17H22N2O6. The number of aliphatic carboxylic acids is 1. The Labute approximate surface area is 145 Å². The molecule has 2 N–H and O–H groups in total. The van der Waals surface area contributed by atoms with Crippen LogP contribution in [0.25, 0.3) is 0 Å². The summed E-state index contributed by atoms with van der Waals surface area (Å²) in [6, 6.07) is 3.53. The fourth-order valence-electron chi connectivity index (χ4n) is 3.45. The molecule has 2 amide bonds. The first-order chi connectivity index (χ1) is 12.0. The van der Waals surface area contributed by atoms with Crippen molar-refractivity contribution in [2.45, 2.75) is 37.8 Å². The van der Waals surface area contributed by atoms with E-state index in [1.54, 1.807) is 23.3 Å². The Morgan fingerprint density at radius 1 is 1.36 bits per heavy atom. The Balaban J connectivity index is 1.62. The second kappa shape index (κ2) is 7.26. The molecule has 1 aromatic rings. The van der Waals surface area contributed by atoms with E-state index in [0.29, 0.717) is 44.9 Å². The lowest BCUT2D eigenvalue weighted by molar-refractivity contribution is -0.141. The zero-order valence-electron chi connectivity index (χ0n) is 13.9. The summed E-state index contributed by atoms with van der Waals surface area (Å²) < 4.78 is 10.5. The number of amides is 2. The van der Waals surface area contributed by atoms with Gasteiger partial charge in [-0.15, -0.1) is 0 Å². The average molecular weight is 350 g/mol. The van der Waals surface area contributed by atoms with Crippen LogP contribution in [0.4, 0.5) is 0 Å².